The van der Waals surface area contributed by atoms with Crippen molar-refractivity contribution in [2.24, 2.45) is 5.92 Å². The number of benzene rings is 1. The zero-order valence-corrected chi connectivity index (χ0v) is 17.4. The second-order valence-electron chi connectivity index (χ2n) is 7.56. The minimum atomic E-state index is -0.455. The van der Waals surface area contributed by atoms with Crippen LogP contribution in [0.2, 0.25) is 5.02 Å². The van der Waals surface area contributed by atoms with Crippen molar-refractivity contribution in [3.63, 3.8) is 0 Å². The van der Waals surface area contributed by atoms with Crippen molar-refractivity contribution in [3.05, 3.63) is 29.3 Å². The fraction of sp³-hybridized carbons (Fsp3) is 0.600. The summed E-state index contributed by atoms with van der Waals surface area (Å²) >= 11 is 5.92. The Bertz CT molecular complexity index is 762. The number of halogens is 1. The van der Waals surface area contributed by atoms with E-state index in [0.29, 0.717) is 23.8 Å². The molecule has 0 spiro atoms. The number of nitrogens with one attached hydrogen (secondary N) is 1. The normalized spacial score (nSPS) is 18.8. The van der Waals surface area contributed by atoms with Crippen LogP contribution in [0, 0.1) is 5.92 Å². The van der Waals surface area contributed by atoms with Gasteiger partial charge in [0, 0.05) is 23.7 Å². The molecule has 1 aliphatic heterocycles. The first-order valence-corrected chi connectivity index (χ1v) is 10.5. The molecule has 1 aliphatic rings. The Kier molecular flexibility index (Phi) is 7.39. The second-order valence-corrected chi connectivity index (χ2v) is 7.99. The Balaban J connectivity index is 1.50. The van der Waals surface area contributed by atoms with Crippen molar-refractivity contribution in [1.82, 2.24) is 30.4 Å². The molecule has 2 aromatic rings. The molecule has 2 unspecified atom stereocenters. The smallest absolute Gasteiger partial charge is 0.246 e. The van der Waals surface area contributed by atoms with Gasteiger partial charge in [-0.05, 0) is 74.2 Å². The minimum absolute atomic E-state index is 0.0606. The molecule has 2 atom stereocenters. The van der Waals surface area contributed by atoms with Crippen LogP contribution in [0.25, 0.3) is 11.4 Å². The molecular weight excluding hydrogens is 376 g/mol. The maximum atomic E-state index is 12.6. The van der Waals surface area contributed by atoms with Gasteiger partial charge in [-0.2, -0.15) is 4.80 Å². The van der Waals surface area contributed by atoms with Gasteiger partial charge in [-0.25, -0.2) is 0 Å². The zero-order valence-electron chi connectivity index (χ0n) is 16.6. The van der Waals surface area contributed by atoms with Crippen LogP contribution in [0.4, 0.5) is 0 Å². The van der Waals surface area contributed by atoms with E-state index in [0.717, 1.165) is 24.4 Å². The van der Waals surface area contributed by atoms with Crippen molar-refractivity contribution < 1.29 is 4.79 Å². The SMILES string of the molecule is CCC(C(=O)NCCCN1CCCC(C)C1)n1nnc(-c2ccc(Cl)cc2)n1. The predicted molar refractivity (Wildman–Crippen MR) is 110 cm³/mol. The van der Waals surface area contributed by atoms with E-state index in [4.69, 9.17) is 11.6 Å². The van der Waals surface area contributed by atoms with Gasteiger partial charge in [0.1, 0.15) is 0 Å². The number of carbonyl (C=O) groups excluding carboxylic acids is 1. The summed E-state index contributed by atoms with van der Waals surface area (Å²) in [5.74, 6) is 1.21. The molecule has 7 nitrogen and oxygen atoms in total. The molecule has 0 bridgehead atoms. The minimum Gasteiger partial charge on any atom is -0.354 e. The maximum Gasteiger partial charge on any atom is 0.246 e. The summed E-state index contributed by atoms with van der Waals surface area (Å²) in [4.78, 5) is 16.5. The summed E-state index contributed by atoms with van der Waals surface area (Å²) in [7, 11) is 0. The van der Waals surface area contributed by atoms with Gasteiger partial charge in [0.2, 0.25) is 11.7 Å². The number of piperidine rings is 1. The van der Waals surface area contributed by atoms with Gasteiger partial charge in [0.05, 0.1) is 0 Å². The maximum absolute atomic E-state index is 12.6. The molecule has 0 radical (unpaired) electrons. The molecule has 1 fully saturated rings. The van der Waals surface area contributed by atoms with E-state index < -0.39 is 6.04 Å². The van der Waals surface area contributed by atoms with E-state index in [-0.39, 0.29) is 5.91 Å². The fourth-order valence-electron chi connectivity index (χ4n) is 3.65. The summed E-state index contributed by atoms with van der Waals surface area (Å²) < 4.78 is 0. The van der Waals surface area contributed by atoms with Crippen LogP contribution in [-0.2, 0) is 4.79 Å². The molecule has 1 saturated heterocycles. The van der Waals surface area contributed by atoms with Crippen LogP contribution in [-0.4, -0.2) is 57.2 Å². The van der Waals surface area contributed by atoms with Crippen molar-refractivity contribution >= 4 is 17.5 Å². The van der Waals surface area contributed by atoms with Gasteiger partial charge in [0.25, 0.3) is 0 Å². The third kappa shape index (κ3) is 5.52. The highest BCUT2D eigenvalue weighted by Gasteiger charge is 2.22. The molecule has 28 heavy (non-hydrogen) atoms. The van der Waals surface area contributed by atoms with Crippen molar-refractivity contribution in [3.8, 4) is 11.4 Å². The van der Waals surface area contributed by atoms with E-state index in [2.05, 4.69) is 32.6 Å². The van der Waals surface area contributed by atoms with Gasteiger partial charge >= 0.3 is 0 Å². The summed E-state index contributed by atoms with van der Waals surface area (Å²) in [6.07, 6.45) is 4.16. The molecule has 0 saturated carbocycles. The highest BCUT2D eigenvalue weighted by molar-refractivity contribution is 6.30. The predicted octanol–water partition coefficient (Wildman–Crippen LogP) is 3.18. The molecule has 1 N–H and O–H groups in total. The first-order valence-electron chi connectivity index (χ1n) is 10.1. The van der Waals surface area contributed by atoms with Gasteiger partial charge in [-0.15, -0.1) is 10.2 Å². The van der Waals surface area contributed by atoms with Crippen LogP contribution in [0.1, 0.15) is 45.6 Å². The summed E-state index contributed by atoms with van der Waals surface area (Å²) in [5, 5.41) is 16.3. The Labute approximate surface area is 171 Å². The van der Waals surface area contributed by atoms with E-state index in [1.54, 1.807) is 12.1 Å². The molecular formula is C20H29ClN6O. The lowest BCUT2D eigenvalue weighted by Crippen LogP contribution is -2.38. The zero-order chi connectivity index (χ0) is 19.9. The topological polar surface area (TPSA) is 75.9 Å². The van der Waals surface area contributed by atoms with Crippen LogP contribution >= 0.6 is 11.6 Å². The average molecular weight is 405 g/mol. The van der Waals surface area contributed by atoms with Gasteiger partial charge < -0.3 is 10.2 Å². The highest BCUT2D eigenvalue weighted by atomic mass is 35.5. The second kappa shape index (κ2) is 9.98. The van der Waals surface area contributed by atoms with E-state index >= 15 is 0 Å². The summed E-state index contributed by atoms with van der Waals surface area (Å²) in [6, 6.07) is 6.79. The molecule has 1 amide bonds. The first kappa shape index (κ1) is 20.7. The number of amides is 1. The number of nitrogens with zero attached hydrogens (tertiary/aromatic N) is 5. The fourth-order valence-corrected chi connectivity index (χ4v) is 3.77. The van der Waals surface area contributed by atoms with Crippen LogP contribution < -0.4 is 5.32 Å². The van der Waals surface area contributed by atoms with Gasteiger partial charge in [-0.1, -0.05) is 25.4 Å². The van der Waals surface area contributed by atoms with E-state index in [1.807, 2.05) is 19.1 Å². The number of tetrazole rings is 1. The van der Waals surface area contributed by atoms with Gasteiger partial charge in [-0.3, -0.25) is 4.79 Å². The number of aromatic nitrogens is 4. The monoisotopic (exact) mass is 404 g/mol. The first-order chi connectivity index (χ1) is 13.6. The van der Waals surface area contributed by atoms with Crippen LogP contribution in [0.3, 0.4) is 0 Å². The summed E-state index contributed by atoms with van der Waals surface area (Å²) in [5.41, 5.74) is 0.821. The van der Waals surface area contributed by atoms with Crippen molar-refractivity contribution in [2.45, 2.75) is 45.6 Å². The number of rotatable bonds is 8. The van der Waals surface area contributed by atoms with Crippen molar-refractivity contribution in [1.29, 1.82) is 0 Å². The standard InChI is InChI=1S/C20H29ClN6O/c1-3-18(20(28)22-11-5-13-26-12-4-6-15(2)14-26)27-24-19(23-25-27)16-7-9-17(21)10-8-16/h7-10,15,18H,3-6,11-14H2,1-2H3,(H,22,28). The Morgan fingerprint density at radius 2 is 2.14 bits per heavy atom. The van der Waals surface area contributed by atoms with Crippen LogP contribution in [0.15, 0.2) is 24.3 Å². The molecule has 1 aromatic heterocycles. The lowest BCUT2D eigenvalue weighted by atomic mass is 10.0. The van der Waals surface area contributed by atoms with E-state index in [1.165, 1.54) is 30.7 Å². The molecule has 2 heterocycles. The molecule has 152 valence electrons. The Morgan fingerprint density at radius 3 is 2.86 bits per heavy atom. The Morgan fingerprint density at radius 1 is 1.36 bits per heavy atom. The highest BCUT2D eigenvalue weighted by Crippen LogP contribution is 2.19. The lowest BCUT2D eigenvalue weighted by molar-refractivity contribution is -0.125. The number of hydrogen-bond acceptors (Lipinski definition) is 5. The Hall–Kier alpha value is -1.99. The van der Waals surface area contributed by atoms with Gasteiger partial charge in [0.15, 0.2) is 6.04 Å². The third-order valence-electron chi connectivity index (χ3n) is 5.19. The number of hydrogen-bond donors (Lipinski definition) is 1. The number of carbonyl (C=O) groups is 1. The van der Waals surface area contributed by atoms with Crippen LogP contribution in [0.5, 0.6) is 0 Å². The molecule has 1 aromatic carbocycles. The quantitative estimate of drug-likeness (QED) is 0.684. The summed E-state index contributed by atoms with van der Waals surface area (Å²) in [6.45, 7) is 8.30. The van der Waals surface area contributed by atoms with E-state index in [9.17, 15) is 4.79 Å². The molecule has 3 rings (SSSR count). The third-order valence-corrected chi connectivity index (χ3v) is 5.44. The largest absolute Gasteiger partial charge is 0.354 e. The molecule has 8 heteroatoms. The average Bonchev–Trinajstić information content (AvgIpc) is 3.16. The van der Waals surface area contributed by atoms with Crippen molar-refractivity contribution in [2.75, 3.05) is 26.2 Å². The lowest BCUT2D eigenvalue weighted by Gasteiger charge is -2.30. The number of likely N-dealkylation sites (tertiary alicyclic amines) is 1. The molecule has 0 aliphatic carbocycles.